The molecule has 0 atom stereocenters. The first kappa shape index (κ1) is 18.1. The van der Waals surface area contributed by atoms with Gasteiger partial charge in [-0.3, -0.25) is 4.55 Å². The molecule has 0 bridgehead atoms. The van der Waals surface area contributed by atoms with Crippen LogP contribution < -0.4 is 0 Å². The summed E-state index contributed by atoms with van der Waals surface area (Å²) in [5.74, 6) is -0.0814. The Hall–Kier alpha value is 0.676. The van der Waals surface area contributed by atoms with Gasteiger partial charge in [0.1, 0.15) is 0 Å². The van der Waals surface area contributed by atoms with Crippen molar-refractivity contribution in [2.45, 2.75) is 58.3 Å². The smallest absolute Gasteiger partial charge is 0.286 e. The van der Waals surface area contributed by atoms with E-state index in [1.54, 1.807) is 0 Å². The van der Waals surface area contributed by atoms with Crippen molar-refractivity contribution in [3.8, 4) is 0 Å². The Balaban J connectivity index is 0. The van der Waals surface area contributed by atoms with Gasteiger partial charge in [0.25, 0.3) is 10.1 Å². The normalized spacial score (nSPS) is 11.1. The molecule has 0 rings (SSSR count). The summed E-state index contributed by atoms with van der Waals surface area (Å²) in [5.41, 5.74) is 0. The summed E-state index contributed by atoms with van der Waals surface area (Å²) in [6, 6.07) is 0. The van der Waals surface area contributed by atoms with Gasteiger partial charge in [0.15, 0.2) is 0 Å². The van der Waals surface area contributed by atoms with Crippen molar-refractivity contribution in [3.63, 3.8) is 0 Å². The summed E-state index contributed by atoms with van der Waals surface area (Å²) in [4.78, 5) is 0. The van der Waals surface area contributed by atoms with Gasteiger partial charge in [-0.05, 0) is 6.42 Å². The first-order chi connectivity index (χ1) is 6.56. The Kier molecular flexibility index (Phi) is 13.4. The van der Waals surface area contributed by atoms with E-state index in [1.807, 2.05) is 0 Å². The zero-order valence-corrected chi connectivity index (χ0v) is 9.85. The van der Waals surface area contributed by atoms with E-state index in [2.05, 4.69) is 6.92 Å². The van der Waals surface area contributed by atoms with Crippen LogP contribution in [0.2, 0.25) is 0 Å². The maximum atomic E-state index is 10.4. The van der Waals surface area contributed by atoms with Crippen LogP contribution in [0.4, 0.5) is 0 Å². The van der Waals surface area contributed by atoms with Crippen LogP contribution >= 0.6 is 0 Å². The lowest BCUT2D eigenvalue weighted by Crippen LogP contribution is -2.03. The highest BCUT2D eigenvalue weighted by Gasteiger charge is 2.02. The van der Waals surface area contributed by atoms with E-state index in [9.17, 15) is 8.42 Å². The van der Waals surface area contributed by atoms with E-state index >= 15 is 0 Å². The van der Waals surface area contributed by atoms with Gasteiger partial charge < -0.3 is 0 Å². The SMILES string of the molecule is CCCCCCCCCCS(=O)(=O)O.[MgH2]. The van der Waals surface area contributed by atoms with Crippen molar-refractivity contribution in [1.82, 2.24) is 0 Å². The summed E-state index contributed by atoms with van der Waals surface area (Å²) in [6.45, 7) is 2.19. The fourth-order valence-electron chi connectivity index (χ4n) is 1.42. The molecule has 0 fully saturated rings. The standard InChI is InChI=1S/C10H22O3S.Mg.2H/c1-2-3-4-5-6-7-8-9-10-14(11,12)13;;;/h2-10H2,1H3,(H,11,12,13);;;. The largest absolute Gasteiger partial charge is 0.316 e. The maximum absolute atomic E-state index is 10.4. The van der Waals surface area contributed by atoms with Crippen LogP contribution in [0.3, 0.4) is 0 Å². The van der Waals surface area contributed by atoms with Crippen molar-refractivity contribution in [2.24, 2.45) is 0 Å². The molecule has 0 aliphatic heterocycles. The Morgan fingerprint density at radius 1 is 0.867 bits per heavy atom. The number of unbranched alkanes of at least 4 members (excludes halogenated alkanes) is 7. The predicted octanol–water partition coefficient (Wildman–Crippen LogP) is 2.10. The summed E-state index contributed by atoms with van der Waals surface area (Å²) >= 11 is 0. The second kappa shape index (κ2) is 11.2. The fraction of sp³-hybridized carbons (Fsp3) is 1.00. The average Bonchev–Trinajstić information content (AvgIpc) is 2.08. The third-order valence-corrected chi connectivity index (χ3v) is 3.06. The molecule has 0 amide bonds. The molecule has 0 aromatic carbocycles. The minimum atomic E-state index is -3.73. The summed E-state index contributed by atoms with van der Waals surface area (Å²) in [6.07, 6.45) is 8.85. The molecule has 0 aliphatic carbocycles. The second-order valence-electron chi connectivity index (χ2n) is 3.76. The minimum Gasteiger partial charge on any atom is -0.286 e. The van der Waals surface area contributed by atoms with E-state index in [4.69, 9.17) is 4.55 Å². The third-order valence-electron chi connectivity index (χ3n) is 2.26. The van der Waals surface area contributed by atoms with Gasteiger partial charge in [0.05, 0.1) is 5.75 Å². The molecule has 0 spiro atoms. The molecule has 90 valence electrons. The van der Waals surface area contributed by atoms with E-state index < -0.39 is 10.1 Å². The molecule has 0 saturated heterocycles. The maximum Gasteiger partial charge on any atom is 0.316 e. The van der Waals surface area contributed by atoms with Crippen molar-refractivity contribution in [2.75, 3.05) is 5.75 Å². The zero-order chi connectivity index (χ0) is 10.9. The van der Waals surface area contributed by atoms with Crippen molar-refractivity contribution >= 4 is 33.2 Å². The van der Waals surface area contributed by atoms with E-state index in [0.717, 1.165) is 12.8 Å². The molecule has 0 radical (unpaired) electrons. The predicted molar refractivity (Wildman–Crippen MR) is 67.6 cm³/mol. The Morgan fingerprint density at radius 3 is 1.67 bits per heavy atom. The average molecular weight is 249 g/mol. The van der Waals surface area contributed by atoms with Crippen molar-refractivity contribution < 1.29 is 13.0 Å². The van der Waals surface area contributed by atoms with Crippen LogP contribution in [0.5, 0.6) is 0 Å². The highest BCUT2D eigenvalue weighted by Crippen LogP contribution is 2.08. The van der Waals surface area contributed by atoms with E-state index in [0.29, 0.717) is 6.42 Å². The monoisotopic (exact) mass is 248 g/mol. The lowest BCUT2D eigenvalue weighted by molar-refractivity contribution is 0.478. The van der Waals surface area contributed by atoms with Crippen LogP contribution in [0.25, 0.3) is 0 Å². The minimum absolute atomic E-state index is 0. The molecule has 0 heterocycles. The van der Waals surface area contributed by atoms with Gasteiger partial charge in [-0.2, -0.15) is 8.42 Å². The van der Waals surface area contributed by atoms with Gasteiger partial charge in [0, 0.05) is 0 Å². The number of rotatable bonds is 9. The van der Waals surface area contributed by atoms with Crippen LogP contribution in [-0.2, 0) is 10.1 Å². The lowest BCUT2D eigenvalue weighted by Gasteiger charge is -2.00. The Bertz CT molecular complexity index is 215. The number of hydrogen-bond acceptors (Lipinski definition) is 2. The molecule has 3 nitrogen and oxygen atoms in total. The molecule has 0 unspecified atom stereocenters. The molecule has 0 aromatic heterocycles. The third kappa shape index (κ3) is 17.3. The Labute approximate surface area is 110 Å². The molecular weight excluding hydrogens is 224 g/mol. The molecule has 5 heteroatoms. The first-order valence-corrected chi connectivity index (χ1v) is 7.12. The Morgan fingerprint density at radius 2 is 1.27 bits per heavy atom. The summed E-state index contributed by atoms with van der Waals surface area (Å²) in [5, 5.41) is 0. The zero-order valence-electron chi connectivity index (χ0n) is 9.04. The highest BCUT2D eigenvalue weighted by atomic mass is 32.2. The van der Waals surface area contributed by atoms with Gasteiger partial charge in [0.2, 0.25) is 0 Å². The molecule has 0 saturated carbocycles. The van der Waals surface area contributed by atoms with Crippen LogP contribution in [0.15, 0.2) is 0 Å². The molecule has 1 N–H and O–H groups in total. The summed E-state index contributed by atoms with van der Waals surface area (Å²) < 4.78 is 29.2. The molecule has 15 heavy (non-hydrogen) atoms. The van der Waals surface area contributed by atoms with E-state index in [1.165, 1.54) is 32.1 Å². The van der Waals surface area contributed by atoms with Crippen molar-refractivity contribution in [1.29, 1.82) is 0 Å². The van der Waals surface area contributed by atoms with Gasteiger partial charge in [-0.15, -0.1) is 0 Å². The van der Waals surface area contributed by atoms with Gasteiger partial charge in [-0.1, -0.05) is 51.9 Å². The van der Waals surface area contributed by atoms with Crippen molar-refractivity contribution in [3.05, 3.63) is 0 Å². The fourth-order valence-corrected chi connectivity index (χ4v) is 1.99. The van der Waals surface area contributed by atoms with Gasteiger partial charge >= 0.3 is 23.1 Å². The topological polar surface area (TPSA) is 54.4 Å². The lowest BCUT2D eigenvalue weighted by atomic mass is 10.1. The number of hydrogen-bond donors (Lipinski definition) is 1. The van der Waals surface area contributed by atoms with Gasteiger partial charge in [-0.25, -0.2) is 0 Å². The molecule has 0 aromatic rings. The quantitative estimate of drug-likeness (QED) is 0.386. The highest BCUT2D eigenvalue weighted by molar-refractivity contribution is 7.85. The molecular formula is C10H24MgO3S. The first-order valence-electron chi connectivity index (χ1n) is 5.51. The van der Waals surface area contributed by atoms with E-state index in [-0.39, 0.29) is 28.8 Å². The second-order valence-corrected chi connectivity index (χ2v) is 5.33. The summed E-state index contributed by atoms with van der Waals surface area (Å²) in [7, 11) is -3.73. The molecule has 0 aliphatic rings. The van der Waals surface area contributed by atoms with Crippen LogP contribution in [0.1, 0.15) is 58.3 Å². The van der Waals surface area contributed by atoms with Crippen LogP contribution in [0, 0.1) is 0 Å². The van der Waals surface area contributed by atoms with Crippen LogP contribution in [-0.4, -0.2) is 41.8 Å².